The fraction of sp³-hybridized carbons (Fsp3) is 0.286. The highest BCUT2D eigenvalue weighted by Gasteiger charge is 2.32. The fourth-order valence-corrected chi connectivity index (χ4v) is 4.10. The Hall–Kier alpha value is -3.66. The lowest BCUT2D eigenvalue weighted by Crippen LogP contribution is -2.17. The van der Waals surface area contributed by atoms with Crippen LogP contribution in [0.2, 0.25) is 0 Å². The van der Waals surface area contributed by atoms with Crippen LogP contribution in [-0.2, 0) is 12.4 Å². The molecular weight excluding hydrogens is 506 g/mol. The molecule has 0 saturated carbocycles. The largest absolute Gasteiger partial charge is 0.416 e. The quantitative estimate of drug-likeness (QED) is 0.196. The van der Waals surface area contributed by atoms with Crippen molar-refractivity contribution >= 4 is 16.7 Å². The molecule has 0 atom stereocenters. The molecular formula is C28H26F6N4. The lowest BCUT2D eigenvalue weighted by molar-refractivity contribution is -0.138. The summed E-state index contributed by atoms with van der Waals surface area (Å²) >= 11 is 0. The first-order valence-corrected chi connectivity index (χ1v) is 11.9. The minimum atomic E-state index is -4.68. The molecule has 10 heteroatoms. The number of anilines is 1. The fourth-order valence-electron chi connectivity index (χ4n) is 4.10. The Bertz CT molecular complexity index is 1430. The molecule has 0 amide bonds. The third-order valence-electron chi connectivity index (χ3n) is 6.07. The van der Waals surface area contributed by atoms with Crippen LogP contribution in [0.15, 0.2) is 60.7 Å². The van der Waals surface area contributed by atoms with Crippen LogP contribution in [0.1, 0.15) is 23.1 Å². The van der Waals surface area contributed by atoms with Crippen LogP contribution >= 0.6 is 0 Å². The number of aromatic nitrogens is 2. The molecule has 0 bridgehead atoms. The number of para-hydroxylation sites is 1. The first-order valence-electron chi connectivity index (χ1n) is 11.9. The SMILES string of the molecule is Cc1cccc2c(NCCCN(C)C)nc(-c3cc(-c4ccc(C(F)(F)F)cc4)cc(C(F)(F)F)c3)nc12. The molecule has 3 aromatic carbocycles. The Morgan fingerprint density at radius 2 is 1.42 bits per heavy atom. The van der Waals surface area contributed by atoms with Gasteiger partial charge in [-0.05, 0) is 87.1 Å². The first-order chi connectivity index (χ1) is 17.8. The van der Waals surface area contributed by atoms with Crippen molar-refractivity contribution in [2.45, 2.75) is 25.7 Å². The standard InChI is InChI=1S/C28H26F6N4/c1-17-6-4-7-23-24(17)36-25(37-26(23)35-12-5-13-38(2)3)20-14-19(15-22(16-20)28(32,33)34)18-8-10-21(11-9-18)27(29,30)31/h4,6-11,14-16H,5,12-13H2,1-3H3,(H,35,36,37). The number of benzene rings is 3. The maximum absolute atomic E-state index is 13.9. The number of hydrogen-bond acceptors (Lipinski definition) is 4. The third-order valence-corrected chi connectivity index (χ3v) is 6.07. The maximum Gasteiger partial charge on any atom is 0.416 e. The van der Waals surface area contributed by atoms with E-state index in [0.29, 0.717) is 17.9 Å². The van der Waals surface area contributed by atoms with Crippen molar-refractivity contribution in [2.75, 3.05) is 32.5 Å². The molecule has 4 nitrogen and oxygen atoms in total. The molecule has 0 fully saturated rings. The highest BCUT2D eigenvalue weighted by atomic mass is 19.4. The van der Waals surface area contributed by atoms with E-state index >= 15 is 0 Å². The summed E-state index contributed by atoms with van der Waals surface area (Å²) in [5.41, 5.74) is 0.0299. The summed E-state index contributed by atoms with van der Waals surface area (Å²) in [4.78, 5) is 11.2. The van der Waals surface area contributed by atoms with Gasteiger partial charge in [0.25, 0.3) is 0 Å². The van der Waals surface area contributed by atoms with E-state index in [2.05, 4.69) is 15.3 Å². The van der Waals surface area contributed by atoms with Gasteiger partial charge in [0, 0.05) is 17.5 Å². The van der Waals surface area contributed by atoms with Gasteiger partial charge in [-0.25, -0.2) is 9.97 Å². The van der Waals surface area contributed by atoms with E-state index in [1.54, 1.807) is 0 Å². The summed E-state index contributed by atoms with van der Waals surface area (Å²) in [6, 6.07) is 12.9. The molecule has 1 aromatic heterocycles. The molecule has 0 spiro atoms. The minimum Gasteiger partial charge on any atom is -0.369 e. The van der Waals surface area contributed by atoms with E-state index in [1.807, 2.05) is 44.1 Å². The van der Waals surface area contributed by atoms with Crippen LogP contribution in [-0.4, -0.2) is 42.1 Å². The van der Waals surface area contributed by atoms with Crippen LogP contribution in [0, 0.1) is 6.92 Å². The summed E-state index contributed by atoms with van der Waals surface area (Å²) in [5, 5.41) is 4.03. The number of aryl methyl sites for hydroxylation is 1. The van der Waals surface area contributed by atoms with Gasteiger partial charge in [0.05, 0.1) is 16.6 Å². The van der Waals surface area contributed by atoms with E-state index in [0.717, 1.165) is 60.3 Å². The van der Waals surface area contributed by atoms with Gasteiger partial charge >= 0.3 is 12.4 Å². The molecule has 38 heavy (non-hydrogen) atoms. The summed E-state index contributed by atoms with van der Waals surface area (Å²) in [5.74, 6) is 0.585. The van der Waals surface area contributed by atoms with Gasteiger partial charge in [-0.1, -0.05) is 24.3 Å². The average Bonchev–Trinajstić information content (AvgIpc) is 2.85. The van der Waals surface area contributed by atoms with Gasteiger partial charge in [0.2, 0.25) is 0 Å². The average molecular weight is 533 g/mol. The summed E-state index contributed by atoms with van der Waals surface area (Å²) in [6.07, 6.45) is -8.41. The van der Waals surface area contributed by atoms with Crippen molar-refractivity contribution in [2.24, 2.45) is 0 Å². The lowest BCUT2D eigenvalue weighted by Gasteiger charge is -2.16. The number of nitrogens with zero attached hydrogens (tertiary/aromatic N) is 3. The molecule has 200 valence electrons. The molecule has 1 heterocycles. The van der Waals surface area contributed by atoms with Crippen LogP contribution in [0.5, 0.6) is 0 Å². The van der Waals surface area contributed by atoms with Gasteiger partial charge < -0.3 is 10.2 Å². The van der Waals surface area contributed by atoms with E-state index in [9.17, 15) is 26.3 Å². The van der Waals surface area contributed by atoms with Crippen LogP contribution in [0.25, 0.3) is 33.4 Å². The number of halogens is 6. The normalized spacial score (nSPS) is 12.4. The molecule has 0 unspecified atom stereocenters. The van der Waals surface area contributed by atoms with E-state index < -0.39 is 23.5 Å². The number of hydrogen-bond donors (Lipinski definition) is 1. The van der Waals surface area contributed by atoms with Gasteiger partial charge in [0.15, 0.2) is 5.82 Å². The zero-order valence-electron chi connectivity index (χ0n) is 21.0. The second kappa shape index (κ2) is 10.6. The minimum absolute atomic E-state index is 0.0844. The molecule has 1 N–H and O–H groups in total. The van der Waals surface area contributed by atoms with E-state index in [4.69, 9.17) is 0 Å². The van der Waals surface area contributed by atoms with Gasteiger partial charge in [0.1, 0.15) is 5.82 Å². The Morgan fingerprint density at radius 3 is 2.05 bits per heavy atom. The van der Waals surface area contributed by atoms with Crippen molar-refractivity contribution in [1.29, 1.82) is 0 Å². The number of nitrogens with one attached hydrogen (secondary N) is 1. The monoisotopic (exact) mass is 532 g/mol. The predicted octanol–water partition coefficient (Wildman–Crippen LogP) is 7.67. The van der Waals surface area contributed by atoms with Crippen molar-refractivity contribution in [3.05, 3.63) is 77.4 Å². The van der Waals surface area contributed by atoms with Crippen LogP contribution in [0.4, 0.5) is 32.2 Å². The van der Waals surface area contributed by atoms with Gasteiger partial charge in [-0.2, -0.15) is 26.3 Å². The third kappa shape index (κ3) is 6.24. The smallest absolute Gasteiger partial charge is 0.369 e. The van der Waals surface area contributed by atoms with Crippen molar-refractivity contribution in [3.63, 3.8) is 0 Å². The Labute approximate surface area is 216 Å². The Balaban J connectivity index is 1.83. The molecule has 0 aliphatic carbocycles. The highest BCUT2D eigenvalue weighted by molar-refractivity contribution is 5.92. The number of rotatable bonds is 7. The topological polar surface area (TPSA) is 41.0 Å². The maximum atomic E-state index is 13.9. The number of fused-ring (bicyclic) bond motifs is 1. The molecule has 0 aliphatic heterocycles. The molecule has 0 radical (unpaired) electrons. The zero-order valence-corrected chi connectivity index (χ0v) is 21.0. The zero-order chi connectivity index (χ0) is 27.7. The summed E-state index contributed by atoms with van der Waals surface area (Å²) in [6.45, 7) is 3.29. The highest BCUT2D eigenvalue weighted by Crippen LogP contribution is 2.38. The summed E-state index contributed by atoms with van der Waals surface area (Å²) in [7, 11) is 3.92. The van der Waals surface area contributed by atoms with Crippen molar-refractivity contribution < 1.29 is 26.3 Å². The lowest BCUT2D eigenvalue weighted by atomic mass is 9.98. The Kier molecular flexibility index (Phi) is 7.64. The molecule has 4 rings (SSSR count). The number of alkyl halides is 6. The van der Waals surface area contributed by atoms with Crippen molar-refractivity contribution in [3.8, 4) is 22.5 Å². The van der Waals surface area contributed by atoms with Crippen LogP contribution < -0.4 is 5.32 Å². The van der Waals surface area contributed by atoms with Crippen molar-refractivity contribution in [1.82, 2.24) is 14.9 Å². The van der Waals surface area contributed by atoms with Gasteiger partial charge in [-0.3, -0.25) is 0 Å². The van der Waals surface area contributed by atoms with E-state index in [1.165, 1.54) is 6.07 Å². The Morgan fingerprint density at radius 1 is 0.763 bits per heavy atom. The molecule has 0 saturated heterocycles. The second-order valence-corrected chi connectivity index (χ2v) is 9.32. The summed E-state index contributed by atoms with van der Waals surface area (Å²) < 4.78 is 80.6. The van der Waals surface area contributed by atoms with Gasteiger partial charge in [-0.15, -0.1) is 0 Å². The van der Waals surface area contributed by atoms with Crippen LogP contribution in [0.3, 0.4) is 0 Å². The first kappa shape index (κ1) is 27.4. The molecule has 4 aromatic rings. The predicted molar refractivity (Wildman–Crippen MR) is 137 cm³/mol. The second-order valence-electron chi connectivity index (χ2n) is 9.32. The van der Waals surface area contributed by atoms with E-state index in [-0.39, 0.29) is 22.5 Å². The molecule has 0 aliphatic rings.